The summed E-state index contributed by atoms with van der Waals surface area (Å²) < 4.78 is 0. The maximum atomic E-state index is 11.9. The molecule has 1 amide bonds. The van der Waals surface area contributed by atoms with Gasteiger partial charge < -0.3 is 20.6 Å². The number of rotatable bonds is 22. The molecule has 0 unspecified atom stereocenters. The smallest absolute Gasteiger partial charge is 0.224 e. The van der Waals surface area contributed by atoms with Gasteiger partial charge in [0.05, 0.1) is 12.5 Å². The topological polar surface area (TPSA) is 89.8 Å². The summed E-state index contributed by atoms with van der Waals surface area (Å²) in [6, 6.07) is 0. The molecule has 29 heavy (non-hydrogen) atoms. The van der Waals surface area contributed by atoms with E-state index in [1.807, 2.05) is 0 Å². The van der Waals surface area contributed by atoms with Crippen molar-refractivity contribution in [1.82, 2.24) is 5.32 Å². The molecule has 0 aromatic carbocycles. The first-order valence-electron chi connectivity index (χ1n) is 12.4. The van der Waals surface area contributed by atoms with E-state index in [0.717, 1.165) is 57.8 Å². The molecule has 0 aliphatic heterocycles. The Bertz CT molecular complexity index is 352. The first kappa shape index (κ1) is 28.4. The van der Waals surface area contributed by atoms with Crippen LogP contribution in [0.5, 0.6) is 0 Å². The average Bonchev–Trinajstić information content (AvgIpc) is 2.68. The molecule has 0 aliphatic rings. The van der Waals surface area contributed by atoms with Crippen LogP contribution in [0.2, 0.25) is 0 Å². The number of carbonyl (C=O) groups is 1. The fraction of sp³-hybridized carbons (Fsp3) is 0.958. The van der Waals surface area contributed by atoms with Crippen LogP contribution in [0.3, 0.4) is 0 Å². The standard InChI is InChI=1S/C24H49NO4/c1-2-3-4-5-6-7-9-12-15-18-22(27)21-24(29)25-23(28)19-16-13-10-8-11-14-17-20-26/h22-23,26-28H,2-21H2,1H3,(H,25,29)/t22-,23-/m1/s1. The van der Waals surface area contributed by atoms with E-state index in [-0.39, 0.29) is 18.9 Å². The van der Waals surface area contributed by atoms with Crippen molar-refractivity contribution in [2.24, 2.45) is 0 Å². The molecule has 0 radical (unpaired) electrons. The highest BCUT2D eigenvalue weighted by molar-refractivity contribution is 5.76. The van der Waals surface area contributed by atoms with Crippen LogP contribution in [0.25, 0.3) is 0 Å². The number of hydrogen-bond acceptors (Lipinski definition) is 4. The number of hydrogen-bond donors (Lipinski definition) is 4. The van der Waals surface area contributed by atoms with Gasteiger partial charge in [0.2, 0.25) is 5.91 Å². The molecule has 2 atom stereocenters. The monoisotopic (exact) mass is 415 g/mol. The van der Waals surface area contributed by atoms with Crippen molar-refractivity contribution in [3.63, 3.8) is 0 Å². The summed E-state index contributed by atoms with van der Waals surface area (Å²) in [5.74, 6) is -0.259. The van der Waals surface area contributed by atoms with Crippen LogP contribution in [0.15, 0.2) is 0 Å². The minimum atomic E-state index is -0.809. The van der Waals surface area contributed by atoms with Gasteiger partial charge in [-0.3, -0.25) is 4.79 Å². The minimum Gasteiger partial charge on any atom is -0.396 e. The third-order valence-electron chi connectivity index (χ3n) is 5.53. The summed E-state index contributed by atoms with van der Waals surface area (Å²) in [6.45, 7) is 2.51. The molecule has 0 aromatic heterocycles. The van der Waals surface area contributed by atoms with Crippen molar-refractivity contribution in [2.75, 3.05) is 6.61 Å². The van der Waals surface area contributed by atoms with E-state index < -0.39 is 12.3 Å². The molecular formula is C24H49NO4. The third kappa shape index (κ3) is 21.9. The second kappa shape index (κ2) is 22.0. The van der Waals surface area contributed by atoms with Gasteiger partial charge in [-0.2, -0.15) is 0 Å². The molecular weight excluding hydrogens is 366 g/mol. The molecule has 0 saturated carbocycles. The molecule has 174 valence electrons. The fourth-order valence-electron chi connectivity index (χ4n) is 3.66. The van der Waals surface area contributed by atoms with Gasteiger partial charge in [-0.1, -0.05) is 96.8 Å². The van der Waals surface area contributed by atoms with Crippen molar-refractivity contribution in [3.05, 3.63) is 0 Å². The van der Waals surface area contributed by atoms with Crippen molar-refractivity contribution in [1.29, 1.82) is 0 Å². The van der Waals surface area contributed by atoms with Crippen molar-refractivity contribution >= 4 is 5.91 Å². The van der Waals surface area contributed by atoms with Crippen LogP contribution < -0.4 is 5.32 Å². The molecule has 0 aromatic rings. The van der Waals surface area contributed by atoms with E-state index in [0.29, 0.717) is 12.8 Å². The Hall–Kier alpha value is -0.650. The number of amides is 1. The second-order valence-electron chi connectivity index (χ2n) is 8.55. The molecule has 5 nitrogen and oxygen atoms in total. The Kier molecular flexibility index (Phi) is 21.6. The zero-order chi connectivity index (χ0) is 21.6. The van der Waals surface area contributed by atoms with E-state index in [2.05, 4.69) is 12.2 Å². The Morgan fingerprint density at radius 3 is 1.66 bits per heavy atom. The quantitative estimate of drug-likeness (QED) is 0.144. The van der Waals surface area contributed by atoms with Gasteiger partial charge in [0.25, 0.3) is 0 Å². The fourth-order valence-corrected chi connectivity index (χ4v) is 3.66. The van der Waals surface area contributed by atoms with E-state index in [9.17, 15) is 15.0 Å². The first-order valence-corrected chi connectivity index (χ1v) is 12.4. The molecule has 4 N–H and O–H groups in total. The lowest BCUT2D eigenvalue weighted by atomic mass is 10.0. The lowest BCUT2D eigenvalue weighted by Crippen LogP contribution is -2.36. The first-order chi connectivity index (χ1) is 14.1. The van der Waals surface area contributed by atoms with Gasteiger partial charge in [0.1, 0.15) is 6.23 Å². The van der Waals surface area contributed by atoms with E-state index >= 15 is 0 Å². The molecule has 0 aliphatic carbocycles. The van der Waals surface area contributed by atoms with Crippen LogP contribution in [-0.4, -0.2) is 40.2 Å². The maximum Gasteiger partial charge on any atom is 0.224 e. The van der Waals surface area contributed by atoms with Gasteiger partial charge in [0, 0.05) is 6.61 Å². The highest BCUT2D eigenvalue weighted by atomic mass is 16.3. The molecule has 0 spiro atoms. The highest BCUT2D eigenvalue weighted by Crippen LogP contribution is 2.13. The SMILES string of the molecule is CCCCCCCCCCC[C@@H](O)CC(=O)N[C@H](O)CCCCCCCCCO. The number of aliphatic hydroxyl groups excluding tert-OH is 3. The van der Waals surface area contributed by atoms with Crippen molar-refractivity contribution < 1.29 is 20.1 Å². The van der Waals surface area contributed by atoms with Crippen LogP contribution >= 0.6 is 0 Å². The van der Waals surface area contributed by atoms with Crippen molar-refractivity contribution in [2.45, 2.75) is 141 Å². The Morgan fingerprint density at radius 2 is 1.14 bits per heavy atom. The van der Waals surface area contributed by atoms with Crippen molar-refractivity contribution in [3.8, 4) is 0 Å². The third-order valence-corrected chi connectivity index (χ3v) is 5.53. The van der Waals surface area contributed by atoms with E-state index in [1.165, 1.54) is 44.9 Å². The summed E-state index contributed by atoms with van der Waals surface area (Å²) in [6.07, 6.45) is 18.4. The Morgan fingerprint density at radius 1 is 0.690 bits per heavy atom. The Balaban J connectivity index is 3.48. The molecule has 0 fully saturated rings. The zero-order valence-corrected chi connectivity index (χ0v) is 19.0. The van der Waals surface area contributed by atoms with E-state index in [1.54, 1.807) is 0 Å². The summed E-state index contributed by atoms with van der Waals surface area (Å²) in [7, 11) is 0. The molecule has 0 rings (SSSR count). The summed E-state index contributed by atoms with van der Waals surface area (Å²) in [5, 5.41) is 31.2. The minimum absolute atomic E-state index is 0.0823. The van der Waals surface area contributed by atoms with Crippen LogP contribution in [0, 0.1) is 0 Å². The average molecular weight is 416 g/mol. The Labute approximate surface area is 179 Å². The highest BCUT2D eigenvalue weighted by Gasteiger charge is 2.13. The summed E-state index contributed by atoms with van der Waals surface area (Å²) >= 11 is 0. The number of nitrogens with one attached hydrogen (secondary N) is 1. The number of carbonyl (C=O) groups excluding carboxylic acids is 1. The van der Waals surface area contributed by atoms with Gasteiger partial charge in [-0.05, 0) is 25.7 Å². The van der Waals surface area contributed by atoms with Gasteiger partial charge in [-0.15, -0.1) is 0 Å². The largest absolute Gasteiger partial charge is 0.396 e. The maximum absolute atomic E-state index is 11.9. The van der Waals surface area contributed by atoms with Crippen LogP contribution in [0.1, 0.15) is 129 Å². The van der Waals surface area contributed by atoms with Crippen LogP contribution in [-0.2, 0) is 4.79 Å². The zero-order valence-electron chi connectivity index (χ0n) is 19.0. The molecule has 0 saturated heterocycles. The normalized spacial score (nSPS) is 13.4. The summed E-state index contributed by atoms with van der Waals surface area (Å²) in [5.41, 5.74) is 0. The molecule has 0 heterocycles. The van der Waals surface area contributed by atoms with Gasteiger partial charge in [0.15, 0.2) is 0 Å². The second-order valence-corrected chi connectivity index (χ2v) is 8.55. The molecule has 0 bridgehead atoms. The molecule has 5 heteroatoms. The lowest BCUT2D eigenvalue weighted by Gasteiger charge is -2.15. The predicted molar refractivity (Wildman–Crippen MR) is 121 cm³/mol. The number of aliphatic hydroxyl groups is 3. The van der Waals surface area contributed by atoms with E-state index in [4.69, 9.17) is 5.11 Å². The van der Waals surface area contributed by atoms with Gasteiger partial charge >= 0.3 is 0 Å². The summed E-state index contributed by atoms with van der Waals surface area (Å²) in [4.78, 5) is 11.9. The predicted octanol–water partition coefficient (Wildman–Crippen LogP) is 5.21. The van der Waals surface area contributed by atoms with Crippen LogP contribution in [0.4, 0.5) is 0 Å². The number of unbranched alkanes of at least 4 members (excludes halogenated alkanes) is 14. The lowest BCUT2D eigenvalue weighted by molar-refractivity contribution is -0.126. The van der Waals surface area contributed by atoms with Gasteiger partial charge in [-0.25, -0.2) is 0 Å².